The Morgan fingerprint density at radius 1 is 1.31 bits per heavy atom. The van der Waals surface area contributed by atoms with Gasteiger partial charge in [0, 0.05) is 10.8 Å². The highest BCUT2D eigenvalue weighted by Crippen LogP contribution is 2.36. The van der Waals surface area contributed by atoms with E-state index in [-0.39, 0.29) is 23.3 Å². The fourth-order valence-electron chi connectivity index (χ4n) is 2.71. The van der Waals surface area contributed by atoms with Crippen molar-refractivity contribution in [2.24, 2.45) is 5.92 Å². The third-order valence-electron chi connectivity index (χ3n) is 4.55. The van der Waals surface area contributed by atoms with Crippen LogP contribution in [0.4, 0.5) is 22.5 Å². The summed E-state index contributed by atoms with van der Waals surface area (Å²) in [5.74, 6) is 1.99. The zero-order valence-corrected chi connectivity index (χ0v) is 16.9. The Morgan fingerprint density at radius 2 is 2.04 bits per heavy atom. The Labute approximate surface area is 158 Å². The molecule has 1 aliphatic heterocycles. The van der Waals surface area contributed by atoms with E-state index in [1.54, 1.807) is 0 Å². The van der Waals surface area contributed by atoms with Crippen LogP contribution in [0.5, 0.6) is 0 Å². The van der Waals surface area contributed by atoms with Gasteiger partial charge in [0.05, 0.1) is 5.69 Å². The van der Waals surface area contributed by atoms with Crippen LogP contribution in [0.25, 0.3) is 0 Å². The quantitative estimate of drug-likeness (QED) is 0.747. The smallest absolute Gasteiger partial charge is 0.247 e. The third kappa shape index (κ3) is 3.65. The third-order valence-corrected chi connectivity index (χ3v) is 5.31. The molecule has 2 unspecified atom stereocenters. The molecule has 2 atom stereocenters. The summed E-state index contributed by atoms with van der Waals surface area (Å²) in [5.41, 5.74) is 1.58. The van der Waals surface area contributed by atoms with Gasteiger partial charge < -0.3 is 16.0 Å². The van der Waals surface area contributed by atoms with Crippen LogP contribution in [0.1, 0.15) is 52.6 Å². The fraction of sp³-hybridized carbons (Fsp3) is 0.556. The summed E-state index contributed by atoms with van der Waals surface area (Å²) in [7, 11) is 0. The summed E-state index contributed by atoms with van der Waals surface area (Å²) in [6.45, 7) is 12.3. The first-order valence-electron chi connectivity index (χ1n) is 8.88. The maximum atomic E-state index is 12.5. The lowest BCUT2D eigenvalue weighted by atomic mass is 9.93. The van der Waals surface area contributed by atoms with Crippen LogP contribution in [0, 0.1) is 12.8 Å². The topological polar surface area (TPSA) is 91.8 Å². The first kappa shape index (κ1) is 18.6. The van der Waals surface area contributed by atoms with Crippen LogP contribution < -0.4 is 16.0 Å². The van der Waals surface area contributed by atoms with Crippen LogP contribution in [0.15, 0.2) is 5.38 Å². The average molecular weight is 375 g/mol. The van der Waals surface area contributed by atoms with Crippen LogP contribution in [0.2, 0.25) is 0 Å². The van der Waals surface area contributed by atoms with E-state index in [4.69, 9.17) is 0 Å². The number of fused-ring (bicyclic) bond motifs is 1. The SMILES string of the molecule is CCC(C)C1Nc2nc(C)nc(Nc3nc(C(C)(C)C)cs3)c2NC1=O. The standard InChI is InChI=1S/C18H26N6OS/c1-7-9(2)12-16(25)23-13-14(22-12)19-10(3)20-15(13)24-17-21-11(8-26-17)18(4,5)6/h8-9,12H,7H2,1-6H3,(H,23,25)(H2,19,20,21,22,24). The van der Waals surface area contributed by atoms with Crippen LogP contribution in [-0.4, -0.2) is 26.9 Å². The zero-order valence-electron chi connectivity index (χ0n) is 16.1. The molecule has 1 aliphatic rings. The van der Waals surface area contributed by atoms with Gasteiger partial charge in [0.2, 0.25) is 5.91 Å². The molecule has 0 radical (unpaired) electrons. The second-order valence-electron chi connectivity index (χ2n) is 7.75. The number of carbonyl (C=O) groups excluding carboxylic acids is 1. The van der Waals surface area contributed by atoms with Crippen molar-refractivity contribution < 1.29 is 4.79 Å². The van der Waals surface area contributed by atoms with Gasteiger partial charge in [0.25, 0.3) is 0 Å². The van der Waals surface area contributed by atoms with E-state index in [9.17, 15) is 4.79 Å². The van der Waals surface area contributed by atoms with Crippen molar-refractivity contribution in [1.29, 1.82) is 0 Å². The average Bonchev–Trinajstić information content (AvgIpc) is 3.03. The largest absolute Gasteiger partial charge is 0.356 e. The van der Waals surface area contributed by atoms with E-state index in [0.717, 1.165) is 17.2 Å². The highest BCUT2D eigenvalue weighted by atomic mass is 32.1. The molecule has 1 amide bonds. The van der Waals surface area contributed by atoms with E-state index in [1.165, 1.54) is 11.3 Å². The fourth-order valence-corrected chi connectivity index (χ4v) is 3.65. The molecular weight excluding hydrogens is 348 g/mol. The number of thiazole rings is 1. The highest BCUT2D eigenvalue weighted by molar-refractivity contribution is 7.13. The second kappa shape index (κ2) is 6.83. The lowest BCUT2D eigenvalue weighted by molar-refractivity contribution is -0.118. The maximum absolute atomic E-state index is 12.5. The monoisotopic (exact) mass is 374 g/mol. The van der Waals surface area contributed by atoms with Crippen molar-refractivity contribution in [3.63, 3.8) is 0 Å². The molecule has 8 heteroatoms. The van der Waals surface area contributed by atoms with E-state index in [0.29, 0.717) is 23.1 Å². The summed E-state index contributed by atoms with van der Waals surface area (Å²) in [5, 5.41) is 12.3. The summed E-state index contributed by atoms with van der Waals surface area (Å²) in [6.07, 6.45) is 0.907. The van der Waals surface area contributed by atoms with Crippen molar-refractivity contribution in [2.45, 2.75) is 59.4 Å². The Bertz CT molecular complexity index is 826. The first-order valence-corrected chi connectivity index (χ1v) is 9.76. The second-order valence-corrected chi connectivity index (χ2v) is 8.61. The van der Waals surface area contributed by atoms with Crippen LogP contribution in [-0.2, 0) is 10.2 Å². The number of anilines is 4. The van der Waals surface area contributed by atoms with E-state index in [1.807, 2.05) is 12.3 Å². The van der Waals surface area contributed by atoms with Gasteiger partial charge in [-0.25, -0.2) is 15.0 Å². The van der Waals surface area contributed by atoms with Crippen molar-refractivity contribution in [3.05, 3.63) is 16.9 Å². The van der Waals surface area contributed by atoms with Gasteiger partial charge in [-0.3, -0.25) is 4.79 Å². The molecular formula is C18H26N6OS. The molecule has 3 rings (SSSR count). The molecule has 26 heavy (non-hydrogen) atoms. The molecule has 0 saturated carbocycles. The number of nitrogens with zero attached hydrogens (tertiary/aromatic N) is 3. The Kier molecular flexibility index (Phi) is 4.88. The van der Waals surface area contributed by atoms with E-state index in [2.05, 4.69) is 65.5 Å². The number of rotatable bonds is 4. The minimum atomic E-state index is -0.290. The Balaban J connectivity index is 1.92. The molecule has 3 N–H and O–H groups in total. The lowest BCUT2D eigenvalue weighted by Crippen LogP contribution is -2.43. The number of hydrogen-bond donors (Lipinski definition) is 3. The predicted octanol–water partition coefficient (Wildman–Crippen LogP) is 4.06. The molecule has 0 saturated heterocycles. The van der Waals surface area contributed by atoms with Crippen molar-refractivity contribution in [1.82, 2.24) is 15.0 Å². The summed E-state index contributed by atoms with van der Waals surface area (Å²) in [6, 6.07) is -0.290. The van der Waals surface area contributed by atoms with Gasteiger partial charge in [-0.1, -0.05) is 41.0 Å². The van der Waals surface area contributed by atoms with Crippen LogP contribution in [0.3, 0.4) is 0 Å². The van der Waals surface area contributed by atoms with Gasteiger partial charge >= 0.3 is 0 Å². The molecule has 2 aromatic rings. The van der Waals surface area contributed by atoms with Gasteiger partial charge in [-0.2, -0.15) is 0 Å². The van der Waals surface area contributed by atoms with Gasteiger partial charge in [0.1, 0.15) is 17.6 Å². The van der Waals surface area contributed by atoms with Gasteiger partial charge in [-0.15, -0.1) is 11.3 Å². The van der Waals surface area contributed by atoms with Gasteiger partial charge in [0.15, 0.2) is 16.8 Å². The molecule has 0 aliphatic carbocycles. The first-order chi connectivity index (χ1) is 12.2. The number of carbonyl (C=O) groups is 1. The molecule has 7 nitrogen and oxygen atoms in total. The van der Waals surface area contributed by atoms with Crippen LogP contribution >= 0.6 is 11.3 Å². The van der Waals surface area contributed by atoms with Crippen molar-refractivity contribution in [2.75, 3.05) is 16.0 Å². The number of hydrogen-bond acceptors (Lipinski definition) is 7. The summed E-state index contributed by atoms with van der Waals surface area (Å²) >= 11 is 1.52. The number of amides is 1. The minimum Gasteiger partial charge on any atom is -0.356 e. The number of aryl methyl sites for hydroxylation is 1. The molecule has 0 bridgehead atoms. The van der Waals surface area contributed by atoms with E-state index < -0.39 is 0 Å². The molecule has 0 aromatic carbocycles. The summed E-state index contributed by atoms with van der Waals surface area (Å²) in [4.78, 5) is 26.1. The number of nitrogens with one attached hydrogen (secondary N) is 3. The normalized spacial score (nSPS) is 17.9. The lowest BCUT2D eigenvalue weighted by Gasteiger charge is -2.30. The van der Waals surface area contributed by atoms with Crippen molar-refractivity contribution in [3.8, 4) is 0 Å². The van der Waals surface area contributed by atoms with Gasteiger partial charge in [-0.05, 0) is 12.8 Å². The highest BCUT2D eigenvalue weighted by Gasteiger charge is 2.32. The molecule has 0 spiro atoms. The molecule has 0 fully saturated rings. The molecule has 2 aromatic heterocycles. The predicted molar refractivity (Wildman–Crippen MR) is 106 cm³/mol. The molecule has 140 valence electrons. The summed E-state index contributed by atoms with van der Waals surface area (Å²) < 4.78 is 0. The van der Waals surface area contributed by atoms with E-state index >= 15 is 0 Å². The van der Waals surface area contributed by atoms with Crippen molar-refractivity contribution >= 4 is 39.7 Å². The molecule has 3 heterocycles. The minimum absolute atomic E-state index is 0.0171. The Morgan fingerprint density at radius 3 is 2.65 bits per heavy atom. The Hall–Kier alpha value is -2.22. The maximum Gasteiger partial charge on any atom is 0.247 e. The zero-order chi connectivity index (χ0) is 19.1. The number of aromatic nitrogens is 3.